The van der Waals surface area contributed by atoms with E-state index in [1.165, 1.54) is 33.1 Å². The van der Waals surface area contributed by atoms with Crippen LogP contribution in [0.25, 0.3) is 0 Å². The highest BCUT2D eigenvalue weighted by molar-refractivity contribution is 7.99. The van der Waals surface area contributed by atoms with Gasteiger partial charge in [-0.1, -0.05) is 62.3 Å². The van der Waals surface area contributed by atoms with Crippen LogP contribution in [0.2, 0.25) is 0 Å². The molecule has 3 heterocycles. The fraction of sp³-hybridized carbons (Fsp3) is 0.851. The Morgan fingerprint density at radius 1 is 0.376 bits per heavy atom. The maximum absolute atomic E-state index is 13.2. The summed E-state index contributed by atoms with van der Waals surface area (Å²) in [6.07, 6.45) is -22.3. The molecule has 0 aromatic carbocycles. The second-order valence-corrected chi connectivity index (χ2v) is 35.7. The molecule has 3 rings (SSSR count). The molecule has 10 amide bonds. The molecule has 0 radical (unpaired) electrons. The van der Waals surface area contributed by atoms with Gasteiger partial charge in [0.15, 0.2) is 16.8 Å². The summed E-state index contributed by atoms with van der Waals surface area (Å²) in [5.74, 6) is -9.07. The fourth-order valence-corrected chi connectivity index (χ4v) is 15.5. The SMILES string of the molecule is CCCOCCOC(=O)NC(COCCOC)C(=O)NCC(=O)NC1C(O)CC(CC(C)C)(C(=O)O)OC1C(O)C(O)CO.CCCOCCOC(=O)NC(CSCCOC)C(=O)NCC(=O)NC1C(O)CC(CC(C)C)(C(=O)O)OC1C(O)C(O)CO.CCCOCCOC(=O)NCCCCC(NC(=O)OCCOCCOC)C(=O)NCC(=O)NC1C(O)CC(CC(C)C)(C(=O)O)OC1C(O)C(O)CO. The van der Waals surface area contributed by atoms with Crippen LogP contribution in [0, 0.1) is 17.8 Å². The van der Waals surface area contributed by atoms with Crippen LogP contribution in [0.3, 0.4) is 0 Å². The number of aliphatic hydroxyl groups is 12. The quantitative estimate of drug-likeness (QED) is 0.0199. The van der Waals surface area contributed by atoms with E-state index in [9.17, 15) is 139 Å². The third-order valence-electron chi connectivity index (χ3n) is 21.2. The first kappa shape index (κ1) is 131. The van der Waals surface area contributed by atoms with Crippen LogP contribution in [0.1, 0.15) is 139 Å². The van der Waals surface area contributed by atoms with Crippen molar-refractivity contribution in [3.8, 4) is 0 Å². The summed E-state index contributed by atoms with van der Waals surface area (Å²) >= 11 is 1.32. The number of nitrogens with one attached hydrogen (secondary N) is 10. The van der Waals surface area contributed by atoms with Crippen LogP contribution in [0.5, 0.6) is 0 Å². The van der Waals surface area contributed by atoms with E-state index in [-0.39, 0.29) is 135 Å². The summed E-state index contributed by atoms with van der Waals surface area (Å²) in [6, 6.07) is -7.82. The molecule has 0 saturated carbocycles. The zero-order valence-electron chi connectivity index (χ0n) is 82.5. The number of thioether (sulfide) groups is 1. The molecule has 53 nitrogen and oxygen atoms in total. The predicted octanol–water partition coefficient (Wildman–Crippen LogP) is -5.87. The Kier molecular flexibility index (Phi) is 67.6. The summed E-state index contributed by atoms with van der Waals surface area (Å²) in [6.45, 7) is 15.0. The van der Waals surface area contributed by atoms with E-state index in [0.717, 1.165) is 19.3 Å². The Labute approximate surface area is 823 Å². The van der Waals surface area contributed by atoms with Crippen LogP contribution in [-0.2, 0) is 114 Å². The number of aliphatic carboxylic acids is 3. The molecular formula is C87H158N10O43S. The number of hydrogen-bond acceptors (Lipinski definition) is 41. The molecule has 3 aliphatic rings. The molecule has 3 fully saturated rings. The molecule has 0 bridgehead atoms. The molecule has 21 atom stereocenters. The van der Waals surface area contributed by atoms with Gasteiger partial charge >= 0.3 is 42.3 Å². The lowest BCUT2D eigenvalue weighted by Crippen LogP contribution is -2.68. The van der Waals surface area contributed by atoms with Gasteiger partial charge in [-0.05, 0) is 75.5 Å². The van der Waals surface area contributed by atoms with Gasteiger partial charge in [0.1, 0.15) is 99.5 Å². The maximum Gasteiger partial charge on any atom is 0.407 e. The molecule has 141 heavy (non-hydrogen) atoms. The first-order valence-electron chi connectivity index (χ1n) is 46.9. The van der Waals surface area contributed by atoms with E-state index in [2.05, 4.69) is 53.2 Å². The summed E-state index contributed by atoms with van der Waals surface area (Å²) in [5.41, 5.74) is -5.84. The third kappa shape index (κ3) is 50.9. The number of hydrogen-bond donors (Lipinski definition) is 25. The van der Waals surface area contributed by atoms with Crippen LogP contribution in [-0.4, -0.2) is 472 Å². The number of rotatable bonds is 69. The zero-order chi connectivity index (χ0) is 106. The highest BCUT2D eigenvalue weighted by atomic mass is 32.2. The Morgan fingerprint density at radius 2 is 0.674 bits per heavy atom. The van der Waals surface area contributed by atoms with Crippen molar-refractivity contribution in [3.63, 3.8) is 0 Å². The van der Waals surface area contributed by atoms with Crippen molar-refractivity contribution >= 4 is 89.5 Å². The Bertz CT molecular complexity index is 3460. The number of ether oxygens (including phenoxy) is 15. The monoisotopic (exact) mass is 2060 g/mol. The number of alkyl carbamates (subject to hydrolysis) is 4. The van der Waals surface area contributed by atoms with Gasteiger partial charge < -0.3 is 201 Å². The van der Waals surface area contributed by atoms with E-state index in [0.29, 0.717) is 51.6 Å². The summed E-state index contributed by atoms with van der Waals surface area (Å²) in [4.78, 5) is 163. The molecule has 0 aromatic heterocycles. The largest absolute Gasteiger partial charge is 0.479 e. The molecule has 25 N–H and O–H groups in total. The van der Waals surface area contributed by atoms with Crippen LogP contribution < -0.4 is 53.2 Å². The van der Waals surface area contributed by atoms with Crippen molar-refractivity contribution in [2.45, 2.75) is 266 Å². The van der Waals surface area contributed by atoms with Crippen molar-refractivity contribution in [2.24, 2.45) is 17.8 Å². The third-order valence-corrected chi connectivity index (χ3v) is 22.2. The lowest BCUT2D eigenvalue weighted by molar-refractivity contribution is -0.233. The Balaban J connectivity index is 0.00000106. The predicted molar refractivity (Wildman–Crippen MR) is 494 cm³/mol. The van der Waals surface area contributed by atoms with Crippen molar-refractivity contribution < 1.29 is 210 Å². The van der Waals surface area contributed by atoms with Crippen LogP contribution in [0.4, 0.5) is 19.2 Å². The molecular weight excluding hydrogens is 1910 g/mol. The fourth-order valence-electron chi connectivity index (χ4n) is 14.5. The average molecular weight is 2060 g/mol. The van der Waals surface area contributed by atoms with Gasteiger partial charge in [0.25, 0.3) is 0 Å². The summed E-state index contributed by atoms with van der Waals surface area (Å²) in [5, 5.41) is 177. The van der Waals surface area contributed by atoms with E-state index < -0.39 is 263 Å². The number of aliphatic hydroxyl groups excluding tert-OH is 12. The number of amides is 10. The normalized spacial score (nSPS) is 23.0. The maximum atomic E-state index is 13.2. The van der Waals surface area contributed by atoms with Gasteiger partial charge in [-0.3, -0.25) is 28.8 Å². The Hall–Kier alpha value is -8.26. The number of methoxy groups -OCH3 is 3. The zero-order valence-corrected chi connectivity index (χ0v) is 83.4. The van der Waals surface area contributed by atoms with Gasteiger partial charge in [-0.15, -0.1) is 0 Å². The molecule has 0 spiro atoms. The molecule has 0 aliphatic carbocycles. The minimum Gasteiger partial charge on any atom is -0.479 e. The number of carboxylic acids is 3. The molecule has 54 heteroatoms. The van der Waals surface area contributed by atoms with Crippen LogP contribution >= 0.6 is 11.8 Å². The summed E-state index contributed by atoms with van der Waals surface area (Å²) in [7, 11) is 4.48. The van der Waals surface area contributed by atoms with Gasteiger partial charge in [-0.2, -0.15) is 11.8 Å². The topological polar surface area (TPSA) is 784 Å². The molecule has 21 unspecified atom stereocenters. The molecule has 820 valence electrons. The lowest BCUT2D eigenvalue weighted by Gasteiger charge is -2.47. The van der Waals surface area contributed by atoms with Crippen molar-refractivity contribution in [1.29, 1.82) is 0 Å². The molecule has 3 saturated heterocycles. The first-order valence-corrected chi connectivity index (χ1v) is 48.0. The van der Waals surface area contributed by atoms with E-state index >= 15 is 0 Å². The van der Waals surface area contributed by atoms with E-state index in [4.69, 9.17) is 71.1 Å². The second kappa shape index (κ2) is 72.9. The van der Waals surface area contributed by atoms with Crippen molar-refractivity contribution in [2.75, 3.05) is 191 Å². The van der Waals surface area contributed by atoms with Gasteiger partial charge in [0, 0.05) is 78.5 Å². The van der Waals surface area contributed by atoms with Crippen molar-refractivity contribution in [1.82, 2.24) is 53.2 Å². The molecule has 3 aliphatic heterocycles. The van der Waals surface area contributed by atoms with E-state index in [1.54, 1.807) is 41.5 Å². The number of carbonyl (C=O) groups is 13. The van der Waals surface area contributed by atoms with Crippen molar-refractivity contribution in [3.05, 3.63) is 0 Å². The first-order chi connectivity index (χ1) is 66.8. The lowest BCUT2D eigenvalue weighted by atomic mass is 9.79. The second-order valence-electron chi connectivity index (χ2n) is 34.5. The minimum absolute atomic E-state index is 0.0243. The van der Waals surface area contributed by atoms with Crippen LogP contribution in [0.15, 0.2) is 0 Å². The Morgan fingerprint density at radius 3 is 0.993 bits per heavy atom. The standard InChI is InChI=1S/C33H60N4O16.C27H49N3O14.C27H49N3O13S/c1-5-10-49-13-15-51-31(46)34-9-7-6-8-22(36-32(47)52-16-14-50-12-11-48-4)29(43)35-19-25(41)37-26-23(39)18-33(30(44)45,17-21(2)3)53-28(26)27(42)24(40)20-38;1-5-6-41-9-10-43-26(39)29-17(15-42-8-7-40-4)24(36)28-13-20(34)30-21-18(32)12-27(25(37)38,11-16(2)3)44-23(21)22(35)19(33)14-31;1-5-6-41-7-8-42-26(39)29-17(15-44-10-9-40-4)24(36)28-13-20(34)30-21-18(32)12-27(25(37)38,11-16(2)3)43-23(21)22(35)19(33)14-31/h21-24,26-28,38-40,42H,5-20H2,1-4H3,(H,34,46)(H,35,43)(H,36,47)(H,37,41)(H,44,45);2*16-19,21-23,31-33,35H,5-15H2,1-4H3,(H,28,36)(H,29,39)(H,30,34)(H,37,38). The number of carbonyl (C=O) groups excluding carboxylic acids is 10. The average Bonchev–Trinajstić information content (AvgIpc) is 0.774. The number of carboxylic acid groups (broad SMARTS) is 3. The highest BCUT2D eigenvalue weighted by Crippen LogP contribution is 2.40. The molecule has 0 aromatic rings. The smallest absolute Gasteiger partial charge is 0.407 e. The van der Waals surface area contributed by atoms with Gasteiger partial charge in [-0.25, -0.2) is 33.6 Å². The number of unbranched alkanes of at least 4 members (excludes halogenated alkanes) is 1. The van der Waals surface area contributed by atoms with E-state index in [1.807, 2.05) is 20.8 Å². The minimum atomic E-state index is -1.97. The van der Waals surface area contributed by atoms with Gasteiger partial charge in [0.2, 0.25) is 35.4 Å². The van der Waals surface area contributed by atoms with Gasteiger partial charge in [0.05, 0.1) is 142 Å². The summed E-state index contributed by atoms with van der Waals surface area (Å²) < 4.78 is 78.5. The highest BCUT2D eigenvalue weighted by Gasteiger charge is 2.58.